The lowest BCUT2D eigenvalue weighted by atomic mass is 9.89. The summed E-state index contributed by atoms with van der Waals surface area (Å²) >= 11 is 0. The zero-order valence-corrected chi connectivity index (χ0v) is 14.7. The Bertz CT molecular complexity index is 581. The molecule has 0 aliphatic heterocycles. The smallest absolute Gasteiger partial charge is 0.220 e. The molecular weight excluding hydrogens is 296 g/mol. The minimum atomic E-state index is -0.360. The lowest BCUT2D eigenvalue weighted by molar-refractivity contribution is -0.123. The van der Waals surface area contributed by atoms with Gasteiger partial charge < -0.3 is 11.1 Å². The van der Waals surface area contributed by atoms with Crippen molar-refractivity contribution >= 4 is 5.91 Å². The van der Waals surface area contributed by atoms with E-state index in [9.17, 15) is 4.79 Å². The number of hydrogen-bond donors (Lipinski definition) is 2. The van der Waals surface area contributed by atoms with Crippen LogP contribution in [0.4, 0.5) is 0 Å². The molecule has 0 aliphatic rings. The summed E-state index contributed by atoms with van der Waals surface area (Å²) in [5.41, 5.74) is 7.89. The Morgan fingerprint density at radius 3 is 1.83 bits per heavy atom. The molecule has 0 bridgehead atoms. The SMILES string of the molecule is CC(C)(CN)NC(=O)CC(Cc1ccccc1)Cc1ccccc1. The summed E-state index contributed by atoms with van der Waals surface area (Å²) in [5, 5.41) is 3.04. The van der Waals surface area contributed by atoms with Crippen LogP contribution in [-0.4, -0.2) is 18.0 Å². The maximum Gasteiger partial charge on any atom is 0.220 e. The summed E-state index contributed by atoms with van der Waals surface area (Å²) in [6.07, 6.45) is 2.30. The van der Waals surface area contributed by atoms with E-state index in [0.29, 0.717) is 13.0 Å². The first-order valence-electron chi connectivity index (χ1n) is 8.57. The summed E-state index contributed by atoms with van der Waals surface area (Å²) in [5.74, 6) is 0.339. The van der Waals surface area contributed by atoms with Crippen LogP contribution in [0.3, 0.4) is 0 Å². The summed E-state index contributed by atoms with van der Waals surface area (Å²) in [7, 11) is 0. The third-order valence-corrected chi connectivity index (χ3v) is 4.20. The highest BCUT2D eigenvalue weighted by atomic mass is 16.1. The molecule has 0 saturated heterocycles. The average Bonchev–Trinajstić information content (AvgIpc) is 2.56. The number of amides is 1. The lowest BCUT2D eigenvalue weighted by Gasteiger charge is -2.26. The molecule has 0 heterocycles. The van der Waals surface area contributed by atoms with E-state index in [-0.39, 0.29) is 17.4 Å². The molecule has 1 amide bonds. The van der Waals surface area contributed by atoms with Crippen molar-refractivity contribution in [3.63, 3.8) is 0 Å². The zero-order valence-electron chi connectivity index (χ0n) is 14.7. The Hall–Kier alpha value is -2.13. The molecule has 0 unspecified atom stereocenters. The van der Waals surface area contributed by atoms with Crippen LogP contribution in [0.2, 0.25) is 0 Å². The molecule has 128 valence electrons. The van der Waals surface area contributed by atoms with Gasteiger partial charge in [-0.1, -0.05) is 60.7 Å². The molecule has 2 aromatic carbocycles. The van der Waals surface area contributed by atoms with Crippen molar-refractivity contribution in [2.24, 2.45) is 11.7 Å². The fourth-order valence-electron chi connectivity index (χ4n) is 2.85. The van der Waals surface area contributed by atoms with Crippen LogP contribution in [0, 0.1) is 5.92 Å². The maximum absolute atomic E-state index is 12.4. The van der Waals surface area contributed by atoms with Crippen LogP contribution >= 0.6 is 0 Å². The lowest BCUT2D eigenvalue weighted by Crippen LogP contribution is -2.49. The van der Waals surface area contributed by atoms with Crippen LogP contribution in [0.1, 0.15) is 31.4 Å². The van der Waals surface area contributed by atoms with Crippen LogP contribution < -0.4 is 11.1 Å². The largest absolute Gasteiger partial charge is 0.350 e. The highest BCUT2D eigenvalue weighted by molar-refractivity contribution is 5.77. The van der Waals surface area contributed by atoms with E-state index in [0.717, 1.165) is 12.8 Å². The van der Waals surface area contributed by atoms with Crippen LogP contribution in [0.15, 0.2) is 60.7 Å². The van der Waals surface area contributed by atoms with Gasteiger partial charge in [-0.2, -0.15) is 0 Å². The minimum Gasteiger partial charge on any atom is -0.350 e. The third-order valence-electron chi connectivity index (χ3n) is 4.20. The van der Waals surface area contributed by atoms with Crippen LogP contribution in [0.25, 0.3) is 0 Å². The molecule has 2 aromatic rings. The van der Waals surface area contributed by atoms with E-state index in [1.807, 2.05) is 50.2 Å². The summed E-state index contributed by atoms with van der Waals surface area (Å²) in [6, 6.07) is 20.7. The molecule has 2 rings (SSSR count). The highest BCUT2D eigenvalue weighted by Crippen LogP contribution is 2.18. The predicted octanol–water partition coefficient (Wildman–Crippen LogP) is 3.33. The van der Waals surface area contributed by atoms with Gasteiger partial charge in [0.25, 0.3) is 0 Å². The second-order valence-electron chi connectivity index (χ2n) is 7.09. The van der Waals surface area contributed by atoms with Gasteiger partial charge in [0.1, 0.15) is 0 Å². The fourth-order valence-corrected chi connectivity index (χ4v) is 2.85. The van der Waals surface area contributed by atoms with Crippen molar-refractivity contribution in [1.82, 2.24) is 5.32 Å². The number of carbonyl (C=O) groups is 1. The molecule has 0 saturated carbocycles. The van der Waals surface area contributed by atoms with E-state index >= 15 is 0 Å². The van der Waals surface area contributed by atoms with Gasteiger partial charge in [-0.25, -0.2) is 0 Å². The molecule has 0 fully saturated rings. The van der Waals surface area contributed by atoms with Crippen LogP contribution in [-0.2, 0) is 17.6 Å². The number of nitrogens with two attached hydrogens (primary N) is 1. The van der Waals surface area contributed by atoms with Crippen molar-refractivity contribution in [3.05, 3.63) is 71.8 Å². The number of rotatable bonds is 8. The van der Waals surface area contributed by atoms with E-state index in [2.05, 4.69) is 29.6 Å². The Balaban J connectivity index is 2.06. The van der Waals surface area contributed by atoms with Crippen LogP contribution in [0.5, 0.6) is 0 Å². The molecule has 3 heteroatoms. The molecule has 0 aromatic heterocycles. The average molecular weight is 324 g/mol. The van der Waals surface area contributed by atoms with Crippen molar-refractivity contribution in [3.8, 4) is 0 Å². The zero-order chi connectivity index (χ0) is 17.4. The predicted molar refractivity (Wildman–Crippen MR) is 99.7 cm³/mol. The second-order valence-corrected chi connectivity index (χ2v) is 7.09. The molecule has 3 nitrogen and oxygen atoms in total. The van der Waals surface area contributed by atoms with E-state index in [1.165, 1.54) is 11.1 Å². The number of benzene rings is 2. The van der Waals surface area contributed by atoms with E-state index < -0.39 is 0 Å². The highest BCUT2D eigenvalue weighted by Gasteiger charge is 2.21. The monoisotopic (exact) mass is 324 g/mol. The number of hydrogen-bond acceptors (Lipinski definition) is 2. The third kappa shape index (κ3) is 6.17. The molecular formula is C21H28N2O. The van der Waals surface area contributed by atoms with Gasteiger partial charge >= 0.3 is 0 Å². The molecule has 0 spiro atoms. The second kappa shape index (κ2) is 8.65. The van der Waals surface area contributed by atoms with Crippen molar-refractivity contribution in [2.45, 2.75) is 38.6 Å². The first-order valence-corrected chi connectivity index (χ1v) is 8.57. The normalized spacial score (nSPS) is 11.5. The van der Waals surface area contributed by atoms with Gasteiger partial charge in [0.15, 0.2) is 0 Å². The first kappa shape index (κ1) is 18.2. The van der Waals surface area contributed by atoms with Crippen molar-refractivity contribution in [1.29, 1.82) is 0 Å². The van der Waals surface area contributed by atoms with Gasteiger partial charge in [0.2, 0.25) is 5.91 Å². The molecule has 0 aliphatic carbocycles. The van der Waals surface area contributed by atoms with Gasteiger partial charge in [-0.05, 0) is 43.7 Å². The molecule has 3 N–H and O–H groups in total. The van der Waals surface area contributed by atoms with Crippen molar-refractivity contribution in [2.75, 3.05) is 6.54 Å². The Morgan fingerprint density at radius 2 is 1.42 bits per heavy atom. The quantitative estimate of drug-likeness (QED) is 0.782. The van der Waals surface area contributed by atoms with Gasteiger partial charge in [-0.15, -0.1) is 0 Å². The van der Waals surface area contributed by atoms with Gasteiger partial charge in [0.05, 0.1) is 0 Å². The van der Waals surface area contributed by atoms with E-state index in [4.69, 9.17) is 5.73 Å². The summed E-state index contributed by atoms with van der Waals surface area (Å²) < 4.78 is 0. The molecule has 0 atom stereocenters. The Morgan fingerprint density at radius 1 is 0.958 bits per heavy atom. The summed E-state index contributed by atoms with van der Waals surface area (Å²) in [4.78, 5) is 12.4. The van der Waals surface area contributed by atoms with E-state index in [1.54, 1.807) is 0 Å². The topological polar surface area (TPSA) is 55.1 Å². The number of nitrogens with one attached hydrogen (secondary N) is 1. The standard InChI is InChI=1S/C21H28N2O/c1-21(2,16-22)23-20(24)15-19(13-17-9-5-3-6-10-17)14-18-11-7-4-8-12-18/h3-12,19H,13-16,22H2,1-2H3,(H,23,24). The van der Waals surface area contributed by atoms with Gasteiger partial charge in [-0.3, -0.25) is 4.79 Å². The molecule has 0 radical (unpaired) electrons. The fraction of sp³-hybridized carbons (Fsp3) is 0.381. The minimum absolute atomic E-state index is 0.0716. The number of carbonyl (C=O) groups excluding carboxylic acids is 1. The summed E-state index contributed by atoms with van der Waals surface area (Å²) in [6.45, 7) is 4.34. The molecule has 24 heavy (non-hydrogen) atoms. The maximum atomic E-state index is 12.4. The van der Waals surface area contributed by atoms with Crippen molar-refractivity contribution < 1.29 is 4.79 Å². The first-order chi connectivity index (χ1) is 11.5. The Kier molecular flexibility index (Phi) is 6.56. The Labute approximate surface area is 145 Å². The van der Waals surface area contributed by atoms with Gasteiger partial charge in [0, 0.05) is 18.5 Å².